The number of hydrogen-bond acceptors (Lipinski definition) is 2. The molecule has 0 aromatic rings. The molecular weight excluding hydrogens is 267 g/mol. The predicted octanol–water partition coefficient (Wildman–Crippen LogP) is 2.64. The quantitative estimate of drug-likeness (QED) is 0.572. The zero-order chi connectivity index (χ0) is 9.19. The minimum absolute atomic E-state index is 0.00870. The second-order valence-electron chi connectivity index (χ2n) is 3.12. The van der Waals surface area contributed by atoms with Crippen LogP contribution < -0.4 is 0 Å². The summed E-state index contributed by atoms with van der Waals surface area (Å²) in [5, 5.41) is 0. The van der Waals surface area contributed by atoms with E-state index in [1.807, 2.05) is 24.0 Å². The predicted molar refractivity (Wildman–Crippen MR) is 57.2 cm³/mol. The summed E-state index contributed by atoms with van der Waals surface area (Å²) >= 11 is 2.16. The van der Waals surface area contributed by atoms with Gasteiger partial charge in [0.2, 0.25) is 0 Å². The topological polar surface area (TPSA) is 18.5 Å². The van der Waals surface area contributed by atoms with Crippen LogP contribution in [0.15, 0.2) is 22.8 Å². The molecule has 1 aliphatic heterocycles. The van der Waals surface area contributed by atoms with Crippen molar-refractivity contribution in [2.45, 2.75) is 31.8 Å². The van der Waals surface area contributed by atoms with E-state index in [4.69, 9.17) is 9.47 Å². The van der Waals surface area contributed by atoms with Gasteiger partial charge in [0.25, 0.3) is 0 Å². The Bertz CT molecular complexity index is 199. The Morgan fingerprint density at radius 3 is 2.42 bits per heavy atom. The Hall–Kier alpha value is 0.130. The van der Waals surface area contributed by atoms with Gasteiger partial charge in [0.05, 0.1) is 0 Å². The molecule has 12 heavy (non-hydrogen) atoms. The summed E-state index contributed by atoms with van der Waals surface area (Å²) in [5.41, 5.74) is 0. The van der Waals surface area contributed by atoms with Crippen LogP contribution in [0, 0.1) is 0 Å². The van der Waals surface area contributed by atoms with Crippen LogP contribution in [0.4, 0.5) is 0 Å². The number of ether oxygens (including phenoxy) is 2. The fraction of sp³-hybridized carbons (Fsp3) is 0.556. The van der Waals surface area contributed by atoms with E-state index < -0.39 is 5.79 Å². The van der Waals surface area contributed by atoms with Crippen LogP contribution in [-0.2, 0) is 9.47 Å². The van der Waals surface area contributed by atoms with E-state index in [2.05, 4.69) is 29.2 Å². The molecule has 3 heteroatoms. The van der Waals surface area contributed by atoms with Gasteiger partial charge in [-0.25, -0.2) is 0 Å². The third kappa shape index (κ3) is 2.31. The number of rotatable bonds is 2. The third-order valence-corrected chi connectivity index (χ3v) is 2.07. The van der Waals surface area contributed by atoms with Gasteiger partial charge in [-0.1, -0.05) is 28.7 Å². The van der Waals surface area contributed by atoms with E-state index in [1.54, 1.807) is 6.08 Å². The summed E-state index contributed by atoms with van der Waals surface area (Å²) in [4.78, 5) is 0. The highest BCUT2D eigenvalue weighted by Gasteiger charge is 2.37. The van der Waals surface area contributed by atoms with Crippen LogP contribution in [0.2, 0.25) is 0 Å². The van der Waals surface area contributed by atoms with Gasteiger partial charge < -0.3 is 9.47 Å². The van der Waals surface area contributed by atoms with Gasteiger partial charge >= 0.3 is 0 Å². The lowest BCUT2D eigenvalue weighted by molar-refractivity contribution is -0.138. The van der Waals surface area contributed by atoms with Crippen LogP contribution in [0.1, 0.15) is 13.8 Å². The number of hydrogen-bond donors (Lipinski definition) is 0. The van der Waals surface area contributed by atoms with Crippen molar-refractivity contribution in [1.29, 1.82) is 0 Å². The monoisotopic (exact) mass is 280 g/mol. The van der Waals surface area contributed by atoms with Crippen LogP contribution in [0.25, 0.3) is 0 Å². The van der Waals surface area contributed by atoms with Crippen LogP contribution in [0.5, 0.6) is 0 Å². The largest absolute Gasteiger partial charge is 0.340 e. The molecule has 1 saturated heterocycles. The molecule has 0 bridgehead atoms. The first-order valence-electron chi connectivity index (χ1n) is 3.84. The van der Waals surface area contributed by atoms with E-state index in [0.717, 1.165) is 0 Å². The zero-order valence-electron chi connectivity index (χ0n) is 7.29. The highest BCUT2D eigenvalue weighted by molar-refractivity contribution is 14.1. The molecule has 1 heterocycles. The van der Waals surface area contributed by atoms with Gasteiger partial charge in [-0.05, 0) is 24.0 Å². The molecule has 1 fully saturated rings. The fourth-order valence-electron chi connectivity index (χ4n) is 1.22. The molecule has 2 nitrogen and oxygen atoms in total. The van der Waals surface area contributed by atoms with Gasteiger partial charge in [0.15, 0.2) is 5.79 Å². The SMILES string of the molecule is C=C[C@H]1OC(C)(C)O[C@H]1/C=C/I. The van der Waals surface area contributed by atoms with E-state index in [1.165, 1.54) is 0 Å². The average molecular weight is 280 g/mol. The van der Waals surface area contributed by atoms with Crippen LogP contribution in [-0.4, -0.2) is 18.0 Å². The van der Waals surface area contributed by atoms with Crippen LogP contribution in [0.3, 0.4) is 0 Å². The van der Waals surface area contributed by atoms with Crippen molar-refractivity contribution in [3.63, 3.8) is 0 Å². The van der Waals surface area contributed by atoms with Crippen molar-refractivity contribution in [3.8, 4) is 0 Å². The molecule has 2 atom stereocenters. The Morgan fingerprint density at radius 1 is 1.33 bits per heavy atom. The molecular formula is C9H13IO2. The second kappa shape index (κ2) is 3.89. The van der Waals surface area contributed by atoms with Crippen LogP contribution >= 0.6 is 22.6 Å². The Balaban J connectivity index is 2.69. The number of halogens is 1. The summed E-state index contributed by atoms with van der Waals surface area (Å²) in [6, 6.07) is 0. The lowest BCUT2D eigenvalue weighted by atomic mass is 10.2. The van der Waals surface area contributed by atoms with Crippen molar-refractivity contribution >= 4 is 22.6 Å². The minimum atomic E-state index is -0.486. The molecule has 0 unspecified atom stereocenters. The van der Waals surface area contributed by atoms with Gasteiger partial charge in [-0.2, -0.15) is 0 Å². The Morgan fingerprint density at radius 2 is 1.92 bits per heavy atom. The average Bonchev–Trinajstić information content (AvgIpc) is 2.26. The highest BCUT2D eigenvalue weighted by atomic mass is 127. The first kappa shape index (κ1) is 10.2. The lowest BCUT2D eigenvalue weighted by Gasteiger charge is -2.15. The summed E-state index contributed by atoms with van der Waals surface area (Å²) in [6.07, 6.45) is 3.73. The van der Waals surface area contributed by atoms with Gasteiger partial charge in [-0.15, -0.1) is 6.58 Å². The molecule has 0 N–H and O–H groups in total. The summed E-state index contributed by atoms with van der Waals surface area (Å²) in [6.45, 7) is 7.51. The molecule has 68 valence electrons. The normalized spacial score (nSPS) is 34.2. The smallest absolute Gasteiger partial charge is 0.164 e. The summed E-state index contributed by atoms with van der Waals surface area (Å²) in [7, 11) is 0. The first-order chi connectivity index (χ1) is 5.59. The van der Waals surface area contributed by atoms with Crippen molar-refractivity contribution < 1.29 is 9.47 Å². The molecule has 0 spiro atoms. The van der Waals surface area contributed by atoms with E-state index in [-0.39, 0.29) is 12.2 Å². The Kier molecular flexibility index (Phi) is 3.31. The van der Waals surface area contributed by atoms with Crippen molar-refractivity contribution in [2.24, 2.45) is 0 Å². The molecule has 0 aliphatic carbocycles. The molecule has 0 aromatic heterocycles. The fourth-order valence-corrected chi connectivity index (χ4v) is 1.63. The molecule has 0 amide bonds. The van der Waals surface area contributed by atoms with Crippen molar-refractivity contribution in [1.82, 2.24) is 0 Å². The van der Waals surface area contributed by atoms with Gasteiger partial charge in [0, 0.05) is 0 Å². The minimum Gasteiger partial charge on any atom is -0.340 e. The van der Waals surface area contributed by atoms with E-state index in [9.17, 15) is 0 Å². The lowest BCUT2D eigenvalue weighted by Crippen LogP contribution is -2.20. The second-order valence-corrected chi connectivity index (χ2v) is 3.84. The zero-order valence-corrected chi connectivity index (χ0v) is 9.45. The van der Waals surface area contributed by atoms with Gasteiger partial charge in [-0.3, -0.25) is 0 Å². The molecule has 0 radical (unpaired) electrons. The molecule has 0 saturated carbocycles. The third-order valence-electron chi connectivity index (χ3n) is 1.66. The van der Waals surface area contributed by atoms with Crippen molar-refractivity contribution in [2.75, 3.05) is 0 Å². The molecule has 1 rings (SSSR count). The maximum atomic E-state index is 5.61. The standard InChI is InChI=1S/C9H13IO2/c1-4-7-8(5-6-10)12-9(2,3)11-7/h4-8H,1H2,2-3H3/b6-5+/t7-,8+/m1/s1. The van der Waals surface area contributed by atoms with E-state index in [0.29, 0.717) is 0 Å². The van der Waals surface area contributed by atoms with Gasteiger partial charge in [0.1, 0.15) is 12.2 Å². The van der Waals surface area contributed by atoms with Crippen molar-refractivity contribution in [3.05, 3.63) is 22.8 Å². The molecule has 1 aliphatic rings. The highest BCUT2D eigenvalue weighted by Crippen LogP contribution is 2.29. The summed E-state index contributed by atoms with van der Waals surface area (Å²) in [5.74, 6) is -0.486. The Labute approximate surface area is 86.8 Å². The maximum Gasteiger partial charge on any atom is 0.164 e. The van der Waals surface area contributed by atoms with E-state index >= 15 is 0 Å². The maximum absolute atomic E-state index is 5.61. The molecule has 0 aromatic carbocycles. The summed E-state index contributed by atoms with van der Waals surface area (Å²) < 4.78 is 13.1. The first-order valence-corrected chi connectivity index (χ1v) is 5.09.